The Labute approximate surface area is 182 Å². The predicted molar refractivity (Wildman–Crippen MR) is 121 cm³/mol. The number of sulfone groups is 1. The number of hydrogen-bond acceptors (Lipinski definition) is 4. The monoisotopic (exact) mass is 442 g/mol. The third-order valence-electron chi connectivity index (χ3n) is 6.10. The van der Waals surface area contributed by atoms with E-state index in [4.69, 9.17) is 0 Å². The van der Waals surface area contributed by atoms with Gasteiger partial charge in [0.2, 0.25) is 15.3 Å². The minimum Gasteiger partial charge on any atom is -0.369 e. The minimum atomic E-state index is -4.02. The summed E-state index contributed by atoms with van der Waals surface area (Å²) in [5.41, 5.74) is 1.32. The maximum Gasteiger partial charge on any atom is 0.211 e. The molecule has 0 bridgehead atoms. The Morgan fingerprint density at radius 1 is 1.00 bits per heavy atom. The van der Waals surface area contributed by atoms with Crippen LogP contribution in [0.5, 0.6) is 0 Å². The minimum absolute atomic E-state index is 0.0582. The van der Waals surface area contributed by atoms with E-state index in [1.54, 1.807) is 29.8 Å². The molecule has 0 saturated carbocycles. The first-order valence-electron chi connectivity index (χ1n) is 10.7. The van der Waals surface area contributed by atoms with Gasteiger partial charge < -0.3 is 9.47 Å². The van der Waals surface area contributed by atoms with Gasteiger partial charge in [0.1, 0.15) is 10.7 Å². The second-order valence-electron chi connectivity index (χ2n) is 8.16. The first-order valence-corrected chi connectivity index (χ1v) is 12.2. The van der Waals surface area contributed by atoms with Crippen LogP contribution < -0.4 is 10.3 Å². The van der Waals surface area contributed by atoms with Crippen molar-refractivity contribution >= 4 is 26.4 Å². The first-order chi connectivity index (χ1) is 14.8. The number of rotatable bonds is 4. The maximum absolute atomic E-state index is 15.0. The van der Waals surface area contributed by atoms with Crippen molar-refractivity contribution < 1.29 is 12.8 Å². The van der Waals surface area contributed by atoms with E-state index >= 15 is 4.39 Å². The molecule has 0 spiro atoms. The van der Waals surface area contributed by atoms with Crippen LogP contribution >= 0.6 is 0 Å². The average molecular weight is 443 g/mol. The molecule has 164 valence electrons. The highest BCUT2D eigenvalue weighted by Crippen LogP contribution is 2.28. The van der Waals surface area contributed by atoms with E-state index in [9.17, 15) is 13.2 Å². The van der Waals surface area contributed by atoms with Crippen molar-refractivity contribution in [2.24, 2.45) is 7.05 Å². The van der Waals surface area contributed by atoms with Gasteiger partial charge in [-0.2, -0.15) is 0 Å². The lowest BCUT2D eigenvalue weighted by molar-refractivity contribution is 0.594. The van der Waals surface area contributed by atoms with Crippen LogP contribution in [0, 0.1) is 5.82 Å². The Morgan fingerprint density at radius 3 is 2.26 bits per heavy atom. The van der Waals surface area contributed by atoms with Crippen molar-refractivity contribution in [3.63, 3.8) is 0 Å². The summed E-state index contributed by atoms with van der Waals surface area (Å²) < 4.78 is 43.0. The van der Waals surface area contributed by atoms with E-state index in [2.05, 4.69) is 0 Å². The molecule has 1 aliphatic heterocycles. The highest BCUT2D eigenvalue weighted by Gasteiger charge is 2.25. The third kappa shape index (κ3) is 3.99. The van der Waals surface area contributed by atoms with Gasteiger partial charge in [0.05, 0.1) is 21.5 Å². The van der Waals surface area contributed by atoms with E-state index in [1.165, 1.54) is 24.4 Å². The summed E-state index contributed by atoms with van der Waals surface area (Å²) in [6.07, 6.45) is 6.40. The molecule has 1 aromatic heterocycles. The van der Waals surface area contributed by atoms with Gasteiger partial charge >= 0.3 is 0 Å². The molecule has 5 nitrogen and oxygen atoms in total. The molecule has 0 amide bonds. The van der Waals surface area contributed by atoms with E-state index in [0.717, 1.165) is 50.8 Å². The number of hydrogen-bond donors (Lipinski definition) is 0. The van der Waals surface area contributed by atoms with E-state index in [1.807, 2.05) is 11.8 Å². The summed E-state index contributed by atoms with van der Waals surface area (Å²) in [6, 6.07) is 9.37. The van der Waals surface area contributed by atoms with Crippen LogP contribution in [0.15, 0.2) is 57.2 Å². The molecule has 0 N–H and O–H groups in total. The van der Waals surface area contributed by atoms with Crippen LogP contribution in [-0.4, -0.2) is 26.1 Å². The van der Waals surface area contributed by atoms with Gasteiger partial charge in [0, 0.05) is 26.3 Å². The number of anilines is 1. The number of pyridine rings is 1. The molecule has 1 fully saturated rings. The second kappa shape index (κ2) is 8.46. The molecule has 2 heterocycles. The molecule has 0 unspecified atom stereocenters. The largest absolute Gasteiger partial charge is 0.369 e. The van der Waals surface area contributed by atoms with Crippen molar-refractivity contribution in [1.29, 1.82) is 0 Å². The lowest BCUT2D eigenvalue weighted by atomic mass is 10.1. The van der Waals surface area contributed by atoms with Gasteiger partial charge in [0.25, 0.3) is 0 Å². The van der Waals surface area contributed by atoms with E-state index in [0.29, 0.717) is 11.2 Å². The topological polar surface area (TPSA) is 59.4 Å². The van der Waals surface area contributed by atoms with Crippen molar-refractivity contribution in [3.05, 3.63) is 64.2 Å². The molecule has 1 aliphatic rings. The van der Waals surface area contributed by atoms with Gasteiger partial charge in [-0.15, -0.1) is 0 Å². The molecule has 0 aliphatic carbocycles. The summed E-state index contributed by atoms with van der Waals surface area (Å²) in [5, 5.41) is 0.0739. The second-order valence-corrected chi connectivity index (χ2v) is 10.1. The Morgan fingerprint density at radius 2 is 1.65 bits per heavy atom. The van der Waals surface area contributed by atoms with Crippen LogP contribution in [0.3, 0.4) is 0 Å². The first kappa shape index (κ1) is 21.6. The quantitative estimate of drug-likeness (QED) is 0.599. The number of nitrogens with zero attached hydrogens (tertiary/aromatic N) is 2. The van der Waals surface area contributed by atoms with Crippen molar-refractivity contribution in [3.8, 4) is 0 Å². The SMILES string of the molecule is CCc1ccc(S(=O)(=O)c2cn(C)c3cc(N4CCCCCC4)c(F)cc3c2=O)cc1. The zero-order valence-corrected chi connectivity index (χ0v) is 18.7. The van der Waals surface area contributed by atoms with Crippen LogP contribution in [-0.2, 0) is 23.3 Å². The van der Waals surface area contributed by atoms with Crippen molar-refractivity contribution in [2.75, 3.05) is 18.0 Å². The normalized spacial score (nSPS) is 15.3. The molecule has 1 saturated heterocycles. The van der Waals surface area contributed by atoms with Gasteiger partial charge in [-0.25, -0.2) is 12.8 Å². The molecule has 0 radical (unpaired) electrons. The Hall–Kier alpha value is -2.67. The maximum atomic E-state index is 15.0. The lowest BCUT2D eigenvalue weighted by Gasteiger charge is -2.24. The molecule has 4 rings (SSSR count). The van der Waals surface area contributed by atoms with Crippen LogP contribution in [0.1, 0.15) is 38.2 Å². The third-order valence-corrected chi connectivity index (χ3v) is 7.87. The molecular weight excluding hydrogens is 415 g/mol. The lowest BCUT2D eigenvalue weighted by Crippen LogP contribution is -2.25. The van der Waals surface area contributed by atoms with Crippen molar-refractivity contribution in [2.45, 2.75) is 48.8 Å². The van der Waals surface area contributed by atoms with Crippen LogP contribution in [0.2, 0.25) is 0 Å². The number of halogens is 1. The Kier molecular flexibility index (Phi) is 5.88. The summed E-state index contributed by atoms with van der Waals surface area (Å²) in [7, 11) is -2.34. The average Bonchev–Trinajstić information content (AvgIpc) is 3.05. The fourth-order valence-electron chi connectivity index (χ4n) is 4.24. The van der Waals surface area contributed by atoms with Crippen LogP contribution in [0.4, 0.5) is 10.1 Å². The standard InChI is InChI=1S/C24H27FN2O3S/c1-3-17-8-10-18(11-9-17)31(29,30)23-16-26(2)21-15-22(20(25)14-19(21)24(23)28)27-12-6-4-5-7-13-27/h8-11,14-16H,3-7,12-13H2,1-2H3. The Bertz CT molecular complexity index is 1270. The smallest absolute Gasteiger partial charge is 0.211 e. The van der Waals surface area contributed by atoms with Crippen LogP contribution in [0.25, 0.3) is 10.9 Å². The highest BCUT2D eigenvalue weighted by atomic mass is 32.2. The summed E-state index contributed by atoms with van der Waals surface area (Å²) in [4.78, 5) is 14.9. The number of aryl methyl sites for hydroxylation is 2. The molecule has 7 heteroatoms. The molecule has 2 aromatic carbocycles. The summed E-state index contributed by atoms with van der Waals surface area (Å²) in [6.45, 7) is 3.53. The number of aromatic nitrogens is 1. The fourth-order valence-corrected chi connectivity index (χ4v) is 5.64. The van der Waals surface area contributed by atoms with E-state index in [-0.39, 0.29) is 15.2 Å². The fraction of sp³-hybridized carbons (Fsp3) is 0.375. The van der Waals surface area contributed by atoms with E-state index < -0.39 is 21.1 Å². The summed E-state index contributed by atoms with van der Waals surface area (Å²) >= 11 is 0. The number of benzene rings is 2. The molecule has 0 atom stereocenters. The van der Waals surface area contributed by atoms with Gasteiger partial charge in [-0.3, -0.25) is 4.79 Å². The van der Waals surface area contributed by atoms with Gasteiger partial charge in [0.15, 0.2) is 0 Å². The molecule has 31 heavy (non-hydrogen) atoms. The molecule has 3 aromatic rings. The Balaban J connectivity index is 1.84. The zero-order valence-electron chi connectivity index (χ0n) is 17.9. The molecular formula is C24H27FN2O3S. The van der Waals surface area contributed by atoms with Gasteiger partial charge in [-0.1, -0.05) is 31.9 Å². The summed E-state index contributed by atoms with van der Waals surface area (Å²) in [5.74, 6) is -0.492. The number of fused-ring (bicyclic) bond motifs is 1. The predicted octanol–water partition coefficient (Wildman–Crippen LogP) is 4.45. The van der Waals surface area contributed by atoms with Crippen molar-refractivity contribution in [1.82, 2.24) is 4.57 Å². The van der Waals surface area contributed by atoms with Gasteiger partial charge in [-0.05, 0) is 49.1 Å². The zero-order chi connectivity index (χ0) is 22.2. The highest BCUT2D eigenvalue weighted by molar-refractivity contribution is 7.91.